The number of amides is 1. The third-order valence-electron chi connectivity index (χ3n) is 3.05. The van der Waals surface area contributed by atoms with Crippen molar-refractivity contribution in [2.24, 2.45) is 5.84 Å². The van der Waals surface area contributed by atoms with E-state index in [2.05, 4.69) is 15.7 Å². The molecular formula is C11H16N4O3S. The molecule has 4 N–H and O–H groups in total. The molecule has 1 atom stereocenters. The van der Waals surface area contributed by atoms with Crippen LogP contribution in [0, 0.1) is 0 Å². The first kappa shape index (κ1) is 13.8. The summed E-state index contributed by atoms with van der Waals surface area (Å²) in [5.74, 6) is 5.24. The van der Waals surface area contributed by atoms with E-state index >= 15 is 0 Å². The molecule has 1 fully saturated rings. The smallest absolute Gasteiger partial charge is 0.270 e. The predicted molar refractivity (Wildman–Crippen MR) is 71.2 cm³/mol. The summed E-state index contributed by atoms with van der Waals surface area (Å²) in [5.41, 5.74) is 1.81. The van der Waals surface area contributed by atoms with Gasteiger partial charge in [-0.3, -0.25) is 4.79 Å². The summed E-state index contributed by atoms with van der Waals surface area (Å²) >= 11 is 0. The normalized spacial score (nSPS) is 24.9. The van der Waals surface area contributed by atoms with Crippen LogP contribution in [0.3, 0.4) is 0 Å². The van der Waals surface area contributed by atoms with Crippen molar-refractivity contribution in [3.05, 3.63) is 23.9 Å². The quantitative estimate of drug-likeness (QED) is 0.517. The van der Waals surface area contributed by atoms with Gasteiger partial charge in [0.05, 0.1) is 17.0 Å². The van der Waals surface area contributed by atoms with E-state index in [1.165, 1.54) is 0 Å². The number of pyridine rings is 1. The van der Waals surface area contributed by atoms with Crippen molar-refractivity contribution < 1.29 is 13.2 Å². The standard InChI is InChI=1S/C11H16N4O3S/c1-11(5-6-19(17,18)7-11)14-10(16)8-3-2-4-9(13-8)15-12/h2-4H,5-7,12H2,1H3,(H,13,15)(H,14,16). The van der Waals surface area contributed by atoms with E-state index in [4.69, 9.17) is 5.84 Å². The van der Waals surface area contributed by atoms with Crippen LogP contribution < -0.4 is 16.6 Å². The van der Waals surface area contributed by atoms with Crippen molar-refractivity contribution >= 4 is 21.6 Å². The van der Waals surface area contributed by atoms with Gasteiger partial charge in [-0.1, -0.05) is 6.07 Å². The number of nitrogens with one attached hydrogen (secondary N) is 2. The Hall–Kier alpha value is -1.67. The molecule has 1 aromatic rings. The number of nitrogens with zero attached hydrogens (tertiary/aromatic N) is 1. The molecule has 7 nitrogen and oxygen atoms in total. The summed E-state index contributed by atoms with van der Waals surface area (Å²) in [6, 6.07) is 4.81. The van der Waals surface area contributed by atoms with Crippen LogP contribution in [-0.4, -0.2) is 36.4 Å². The number of aromatic nitrogens is 1. The SMILES string of the molecule is CC1(NC(=O)c2cccc(NN)n2)CCS(=O)(=O)C1. The molecule has 8 heteroatoms. The summed E-state index contributed by atoms with van der Waals surface area (Å²) in [7, 11) is -3.06. The molecule has 0 aliphatic carbocycles. The van der Waals surface area contributed by atoms with Gasteiger partial charge in [-0.25, -0.2) is 19.2 Å². The van der Waals surface area contributed by atoms with Crippen LogP contribution in [0.1, 0.15) is 23.8 Å². The Morgan fingerprint density at radius 1 is 1.47 bits per heavy atom. The highest BCUT2D eigenvalue weighted by atomic mass is 32.2. The second kappa shape index (κ2) is 4.78. The van der Waals surface area contributed by atoms with E-state index in [9.17, 15) is 13.2 Å². The van der Waals surface area contributed by atoms with Crippen molar-refractivity contribution in [1.82, 2.24) is 10.3 Å². The van der Waals surface area contributed by atoms with Gasteiger partial charge in [-0.15, -0.1) is 0 Å². The molecule has 1 saturated heterocycles. The number of nitrogen functional groups attached to an aromatic ring is 1. The Morgan fingerprint density at radius 3 is 2.79 bits per heavy atom. The second-order valence-electron chi connectivity index (χ2n) is 4.91. The minimum Gasteiger partial charge on any atom is -0.344 e. The molecule has 1 unspecified atom stereocenters. The first-order valence-corrected chi connectivity index (χ1v) is 7.62. The van der Waals surface area contributed by atoms with Gasteiger partial charge in [0, 0.05) is 0 Å². The molecule has 19 heavy (non-hydrogen) atoms. The fraction of sp³-hybridized carbons (Fsp3) is 0.455. The molecule has 2 rings (SSSR count). The highest BCUT2D eigenvalue weighted by Gasteiger charge is 2.39. The summed E-state index contributed by atoms with van der Waals surface area (Å²) in [6.45, 7) is 1.72. The van der Waals surface area contributed by atoms with Gasteiger partial charge in [0.15, 0.2) is 9.84 Å². The van der Waals surface area contributed by atoms with Gasteiger partial charge in [0.25, 0.3) is 5.91 Å². The van der Waals surface area contributed by atoms with Crippen LogP contribution in [0.25, 0.3) is 0 Å². The molecule has 104 valence electrons. The average Bonchev–Trinajstić information content (AvgIpc) is 2.63. The zero-order valence-electron chi connectivity index (χ0n) is 10.5. The maximum atomic E-state index is 12.0. The van der Waals surface area contributed by atoms with Crippen LogP contribution in [0.15, 0.2) is 18.2 Å². The molecule has 1 aliphatic rings. The Morgan fingerprint density at radius 2 is 2.21 bits per heavy atom. The third-order valence-corrected chi connectivity index (χ3v) is 4.95. The summed E-state index contributed by atoms with van der Waals surface area (Å²) in [5, 5.41) is 2.73. The van der Waals surface area contributed by atoms with E-state index in [1.54, 1.807) is 25.1 Å². The van der Waals surface area contributed by atoms with Crippen molar-refractivity contribution in [1.29, 1.82) is 0 Å². The molecule has 1 aromatic heterocycles. The monoisotopic (exact) mass is 284 g/mol. The lowest BCUT2D eigenvalue weighted by Gasteiger charge is -2.23. The van der Waals surface area contributed by atoms with E-state index in [1.807, 2.05) is 0 Å². The number of hydrogen-bond donors (Lipinski definition) is 3. The van der Waals surface area contributed by atoms with Crippen LogP contribution in [0.2, 0.25) is 0 Å². The zero-order valence-corrected chi connectivity index (χ0v) is 11.3. The minimum absolute atomic E-state index is 0.0411. The number of anilines is 1. The van der Waals surface area contributed by atoms with Crippen LogP contribution in [-0.2, 0) is 9.84 Å². The lowest BCUT2D eigenvalue weighted by atomic mass is 10.0. The molecule has 0 saturated carbocycles. The van der Waals surface area contributed by atoms with Gasteiger partial charge >= 0.3 is 0 Å². The number of carbonyl (C=O) groups excluding carboxylic acids is 1. The lowest BCUT2D eigenvalue weighted by molar-refractivity contribution is 0.0910. The van der Waals surface area contributed by atoms with Gasteiger partial charge in [-0.2, -0.15) is 0 Å². The Kier molecular flexibility index (Phi) is 3.46. The molecule has 1 aliphatic heterocycles. The number of nitrogens with two attached hydrogens (primary N) is 1. The van der Waals surface area contributed by atoms with Crippen molar-refractivity contribution in [3.8, 4) is 0 Å². The number of carbonyl (C=O) groups is 1. The average molecular weight is 284 g/mol. The van der Waals surface area contributed by atoms with Crippen molar-refractivity contribution in [2.45, 2.75) is 18.9 Å². The molecule has 0 spiro atoms. The molecule has 0 bridgehead atoms. The van der Waals surface area contributed by atoms with Crippen molar-refractivity contribution in [2.75, 3.05) is 16.9 Å². The maximum Gasteiger partial charge on any atom is 0.270 e. The van der Waals surface area contributed by atoms with Gasteiger partial charge < -0.3 is 10.7 Å². The van der Waals surface area contributed by atoms with Gasteiger partial charge in [0.1, 0.15) is 11.5 Å². The first-order chi connectivity index (χ1) is 8.84. The topological polar surface area (TPSA) is 114 Å². The van der Waals surface area contributed by atoms with E-state index in [-0.39, 0.29) is 17.2 Å². The van der Waals surface area contributed by atoms with E-state index in [0.29, 0.717) is 12.2 Å². The number of hydrazine groups is 1. The Labute approximate surface area is 111 Å². The minimum atomic E-state index is -3.06. The molecular weight excluding hydrogens is 268 g/mol. The summed E-state index contributed by atoms with van der Waals surface area (Å²) in [6.07, 6.45) is 0.413. The Bertz CT molecular complexity index is 602. The predicted octanol–water partition coefficient (Wildman–Crippen LogP) is -0.326. The fourth-order valence-electron chi connectivity index (χ4n) is 2.09. The molecule has 2 heterocycles. The van der Waals surface area contributed by atoms with Crippen molar-refractivity contribution in [3.63, 3.8) is 0 Å². The zero-order chi connectivity index (χ0) is 14.1. The molecule has 0 radical (unpaired) electrons. The van der Waals surface area contributed by atoms with E-state index < -0.39 is 21.3 Å². The number of hydrogen-bond acceptors (Lipinski definition) is 6. The largest absolute Gasteiger partial charge is 0.344 e. The summed E-state index contributed by atoms with van der Waals surface area (Å²) in [4.78, 5) is 16.1. The number of sulfone groups is 1. The molecule has 0 aromatic carbocycles. The molecule has 1 amide bonds. The summed E-state index contributed by atoms with van der Waals surface area (Å²) < 4.78 is 22.9. The highest BCUT2D eigenvalue weighted by Crippen LogP contribution is 2.23. The van der Waals surface area contributed by atoms with Crippen LogP contribution >= 0.6 is 0 Å². The number of rotatable bonds is 3. The first-order valence-electron chi connectivity index (χ1n) is 5.80. The van der Waals surface area contributed by atoms with Crippen LogP contribution in [0.5, 0.6) is 0 Å². The van der Waals surface area contributed by atoms with Crippen LogP contribution in [0.4, 0.5) is 5.82 Å². The van der Waals surface area contributed by atoms with E-state index in [0.717, 1.165) is 0 Å². The maximum absolute atomic E-state index is 12.0. The Balaban J connectivity index is 2.13. The fourth-order valence-corrected chi connectivity index (χ4v) is 4.18. The second-order valence-corrected chi connectivity index (χ2v) is 7.09. The lowest BCUT2D eigenvalue weighted by Crippen LogP contribution is -2.47. The third kappa shape index (κ3) is 3.21. The van der Waals surface area contributed by atoms with Gasteiger partial charge in [-0.05, 0) is 25.5 Å². The van der Waals surface area contributed by atoms with Gasteiger partial charge in [0.2, 0.25) is 0 Å². The highest BCUT2D eigenvalue weighted by molar-refractivity contribution is 7.91.